The van der Waals surface area contributed by atoms with Crippen molar-refractivity contribution in [2.24, 2.45) is 0 Å². The summed E-state index contributed by atoms with van der Waals surface area (Å²) in [6, 6.07) is 10.1. The summed E-state index contributed by atoms with van der Waals surface area (Å²) in [5.74, 6) is -0.311. The fourth-order valence-corrected chi connectivity index (χ4v) is 1.49. The monoisotopic (exact) mass is 233 g/mol. The van der Waals surface area contributed by atoms with Crippen LogP contribution in [0.5, 0.6) is 0 Å². The molecule has 17 heavy (non-hydrogen) atoms. The molecule has 0 aliphatic carbocycles. The van der Waals surface area contributed by atoms with Crippen LogP contribution in [-0.4, -0.2) is 13.1 Å². The van der Waals surface area contributed by atoms with E-state index in [-0.39, 0.29) is 5.97 Å². The maximum atomic E-state index is 11.2. The lowest BCUT2D eigenvalue weighted by molar-refractivity contribution is -0.134. The molecule has 0 fully saturated rings. The fraction of sp³-hybridized carbons (Fsp3) is 0.357. The average molecular weight is 233 g/mol. The first-order valence-corrected chi connectivity index (χ1v) is 5.82. The first-order valence-electron chi connectivity index (χ1n) is 5.82. The van der Waals surface area contributed by atoms with Gasteiger partial charge in [-0.05, 0) is 12.0 Å². The van der Waals surface area contributed by atoms with Crippen LogP contribution in [0.1, 0.15) is 25.3 Å². The van der Waals surface area contributed by atoms with Gasteiger partial charge in [-0.15, -0.1) is 0 Å². The third-order valence-electron chi connectivity index (χ3n) is 2.38. The quantitative estimate of drug-likeness (QED) is 0.606. The van der Waals surface area contributed by atoms with Crippen molar-refractivity contribution in [2.45, 2.75) is 26.3 Å². The van der Waals surface area contributed by atoms with Crippen molar-refractivity contribution in [3.05, 3.63) is 47.7 Å². The summed E-state index contributed by atoms with van der Waals surface area (Å²) in [6.45, 7) is 2.80. The molecule has 1 N–H and O–H groups in total. The Morgan fingerprint density at radius 2 is 2.06 bits per heavy atom. The highest BCUT2D eigenvalue weighted by atomic mass is 16.5. The summed E-state index contributed by atoms with van der Waals surface area (Å²) < 4.78 is 4.62. The van der Waals surface area contributed by atoms with Crippen LogP contribution < -0.4 is 5.32 Å². The van der Waals surface area contributed by atoms with Gasteiger partial charge in [0.1, 0.15) is 0 Å². The zero-order valence-corrected chi connectivity index (χ0v) is 10.4. The maximum absolute atomic E-state index is 11.2. The minimum Gasteiger partial charge on any atom is -0.466 e. The summed E-state index contributed by atoms with van der Waals surface area (Å²) in [7, 11) is 1.39. The second-order valence-corrected chi connectivity index (χ2v) is 3.78. The third-order valence-corrected chi connectivity index (χ3v) is 2.38. The van der Waals surface area contributed by atoms with Crippen LogP contribution in [0, 0.1) is 0 Å². The van der Waals surface area contributed by atoms with Crippen LogP contribution in [0.15, 0.2) is 42.1 Å². The average Bonchev–Trinajstić information content (AvgIpc) is 2.37. The number of esters is 1. The Hall–Kier alpha value is -1.77. The number of ether oxygens (including phenoxy) is 1. The Kier molecular flexibility index (Phi) is 5.86. The number of benzene rings is 1. The van der Waals surface area contributed by atoms with Crippen molar-refractivity contribution in [1.29, 1.82) is 0 Å². The van der Waals surface area contributed by atoms with Crippen molar-refractivity contribution in [3.8, 4) is 0 Å². The van der Waals surface area contributed by atoms with Gasteiger partial charge in [0.2, 0.25) is 0 Å². The maximum Gasteiger partial charge on any atom is 0.332 e. The van der Waals surface area contributed by atoms with E-state index in [0.29, 0.717) is 0 Å². The van der Waals surface area contributed by atoms with Gasteiger partial charge < -0.3 is 10.1 Å². The lowest BCUT2D eigenvalue weighted by Crippen LogP contribution is -2.14. The number of nitrogens with one attached hydrogen (secondary N) is 1. The van der Waals surface area contributed by atoms with Gasteiger partial charge in [-0.3, -0.25) is 0 Å². The summed E-state index contributed by atoms with van der Waals surface area (Å²) in [5, 5.41) is 3.26. The number of methoxy groups -OCH3 is 1. The molecular formula is C14H19NO2. The minimum absolute atomic E-state index is 0.311. The predicted molar refractivity (Wildman–Crippen MR) is 68.3 cm³/mol. The number of carbonyl (C=O) groups excluding carboxylic acids is 1. The molecular weight excluding hydrogens is 214 g/mol. The highest BCUT2D eigenvalue weighted by Gasteiger charge is 2.01. The zero-order chi connectivity index (χ0) is 12.5. The van der Waals surface area contributed by atoms with Crippen LogP contribution in [0.2, 0.25) is 0 Å². The number of hydrogen-bond acceptors (Lipinski definition) is 3. The molecule has 3 nitrogen and oxygen atoms in total. The molecule has 0 aliphatic rings. The topological polar surface area (TPSA) is 38.3 Å². The van der Waals surface area contributed by atoms with E-state index in [9.17, 15) is 4.79 Å². The molecule has 0 heterocycles. The van der Waals surface area contributed by atoms with E-state index in [1.807, 2.05) is 18.2 Å². The molecule has 0 atom stereocenters. The van der Waals surface area contributed by atoms with Gasteiger partial charge in [0.05, 0.1) is 7.11 Å². The molecule has 0 aromatic heterocycles. The van der Waals surface area contributed by atoms with Crippen molar-refractivity contribution in [3.63, 3.8) is 0 Å². The van der Waals surface area contributed by atoms with E-state index in [0.717, 1.165) is 25.1 Å². The van der Waals surface area contributed by atoms with Crippen LogP contribution >= 0.6 is 0 Å². The Morgan fingerprint density at radius 1 is 1.35 bits per heavy atom. The first-order chi connectivity index (χ1) is 8.26. The van der Waals surface area contributed by atoms with Crippen molar-refractivity contribution < 1.29 is 9.53 Å². The molecule has 0 radical (unpaired) electrons. The highest BCUT2D eigenvalue weighted by Crippen LogP contribution is 2.04. The zero-order valence-electron chi connectivity index (χ0n) is 10.4. The molecule has 0 amide bonds. The van der Waals surface area contributed by atoms with Gasteiger partial charge in [0, 0.05) is 18.3 Å². The van der Waals surface area contributed by atoms with Crippen molar-refractivity contribution >= 4 is 5.97 Å². The van der Waals surface area contributed by atoms with E-state index >= 15 is 0 Å². The van der Waals surface area contributed by atoms with Gasteiger partial charge in [-0.1, -0.05) is 43.7 Å². The molecule has 1 rings (SSSR count). The summed E-state index contributed by atoms with van der Waals surface area (Å²) in [5.41, 5.74) is 2.11. The molecule has 0 saturated heterocycles. The number of allylic oxidation sites excluding steroid dienone is 1. The Morgan fingerprint density at radius 3 is 2.65 bits per heavy atom. The Bertz CT molecular complexity index is 371. The second kappa shape index (κ2) is 7.49. The molecule has 3 heteroatoms. The normalized spacial score (nSPS) is 11.1. The fourth-order valence-electron chi connectivity index (χ4n) is 1.49. The lowest BCUT2D eigenvalue weighted by Gasteiger charge is -2.09. The summed E-state index contributed by atoms with van der Waals surface area (Å²) in [6.07, 6.45) is 3.36. The lowest BCUT2D eigenvalue weighted by atomic mass is 10.2. The highest BCUT2D eigenvalue weighted by molar-refractivity contribution is 5.82. The largest absolute Gasteiger partial charge is 0.466 e. The summed E-state index contributed by atoms with van der Waals surface area (Å²) >= 11 is 0. The van der Waals surface area contributed by atoms with Crippen LogP contribution in [0.25, 0.3) is 0 Å². The molecule has 1 aromatic carbocycles. The molecule has 1 aromatic rings. The second-order valence-electron chi connectivity index (χ2n) is 3.78. The molecule has 92 valence electrons. The van der Waals surface area contributed by atoms with Gasteiger partial charge in [-0.25, -0.2) is 4.79 Å². The minimum atomic E-state index is -0.311. The van der Waals surface area contributed by atoms with Gasteiger partial charge in [-0.2, -0.15) is 0 Å². The first kappa shape index (κ1) is 13.3. The number of rotatable bonds is 6. The van der Waals surface area contributed by atoms with Crippen molar-refractivity contribution in [1.82, 2.24) is 5.32 Å². The van der Waals surface area contributed by atoms with E-state index < -0.39 is 0 Å². The summed E-state index contributed by atoms with van der Waals surface area (Å²) in [4.78, 5) is 11.2. The standard InChI is InChI=1S/C14H19NO2/c1-3-7-13(10-14(16)17-2)15-11-12-8-5-4-6-9-12/h4-6,8-10,15H,3,7,11H2,1-2H3/b13-10-. The molecule has 0 bridgehead atoms. The predicted octanol–water partition coefficient (Wildman–Crippen LogP) is 2.63. The molecule has 0 spiro atoms. The van der Waals surface area contributed by atoms with Crippen molar-refractivity contribution in [2.75, 3.05) is 7.11 Å². The van der Waals surface area contributed by atoms with Crippen LogP contribution in [0.3, 0.4) is 0 Å². The molecule has 0 unspecified atom stereocenters. The van der Waals surface area contributed by atoms with Crippen LogP contribution in [0.4, 0.5) is 0 Å². The van der Waals surface area contributed by atoms with E-state index in [1.165, 1.54) is 18.7 Å². The van der Waals surface area contributed by atoms with E-state index in [1.54, 1.807) is 0 Å². The van der Waals surface area contributed by atoms with Crippen LogP contribution in [-0.2, 0) is 16.1 Å². The Balaban J connectivity index is 2.56. The van der Waals surface area contributed by atoms with Gasteiger partial charge >= 0.3 is 5.97 Å². The Labute approximate surface area is 102 Å². The molecule has 0 aliphatic heterocycles. The van der Waals surface area contributed by atoms with Gasteiger partial charge in [0.25, 0.3) is 0 Å². The van der Waals surface area contributed by atoms with E-state index in [4.69, 9.17) is 0 Å². The third kappa shape index (κ3) is 5.20. The molecule has 0 saturated carbocycles. The number of hydrogen-bond donors (Lipinski definition) is 1. The SMILES string of the molecule is CCC/C(=C/C(=O)OC)NCc1ccccc1. The van der Waals surface area contributed by atoms with E-state index in [2.05, 4.69) is 29.1 Å². The number of carbonyl (C=O) groups is 1. The smallest absolute Gasteiger partial charge is 0.332 e. The van der Waals surface area contributed by atoms with Gasteiger partial charge in [0.15, 0.2) is 0 Å².